The number of nitrogens with zero attached hydrogens (tertiary/aromatic N) is 1. The van der Waals surface area contributed by atoms with Crippen molar-refractivity contribution in [3.05, 3.63) is 24.0 Å². The Balaban J connectivity index is 2.69. The molecular formula is C8H5ClF2N2O2S. The van der Waals surface area contributed by atoms with Crippen molar-refractivity contribution in [3.8, 4) is 0 Å². The molecule has 0 aliphatic carbocycles. The number of aromatic nitrogens is 2. The van der Waals surface area contributed by atoms with Crippen molar-refractivity contribution in [1.82, 2.24) is 9.97 Å². The summed E-state index contributed by atoms with van der Waals surface area (Å²) in [5.74, 6) is 0. The van der Waals surface area contributed by atoms with Gasteiger partial charge < -0.3 is 4.98 Å². The van der Waals surface area contributed by atoms with Crippen LogP contribution in [0.3, 0.4) is 0 Å². The lowest BCUT2D eigenvalue weighted by molar-refractivity contribution is 0.146. The minimum atomic E-state index is -3.91. The van der Waals surface area contributed by atoms with Gasteiger partial charge in [-0.25, -0.2) is 22.2 Å². The molecule has 0 amide bonds. The fourth-order valence-corrected chi connectivity index (χ4v) is 2.33. The molecule has 0 aromatic carbocycles. The SMILES string of the molecule is O=S(=O)(Cl)c1c[nH]c2nc(C(F)F)ccc12. The fourth-order valence-electron chi connectivity index (χ4n) is 1.32. The number of halogens is 3. The van der Waals surface area contributed by atoms with Gasteiger partial charge in [0.2, 0.25) is 0 Å². The summed E-state index contributed by atoms with van der Waals surface area (Å²) in [4.78, 5) is 5.89. The van der Waals surface area contributed by atoms with Gasteiger partial charge in [0.05, 0.1) is 0 Å². The lowest BCUT2D eigenvalue weighted by Crippen LogP contribution is -1.91. The van der Waals surface area contributed by atoms with Crippen molar-refractivity contribution in [2.45, 2.75) is 11.3 Å². The first-order valence-corrected chi connectivity index (χ1v) is 6.41. The average Bonchev–Trinajstić information content (AvgIpc) is 2.58. The molecule has 0 fully saturated rings. The highest BCUT2D eigenvalue weighted by atomic mass is 35.7. The number of aromatic amines is 1. The zero-order valence-electron chi connectivity index (χ0n) is 7.62. The first-order chi connectivity index (χ1) is 7.39. The van der Waals surface area contributed by atoms with Crippen molar-refractivity contribution in [3.63, 3.8) is 0 Å². The molecule has 8 heteroatoms. The maximum Gasteiger partial charge on any atom is 0.280 e. The van der Waals surface area contributed by atoms with E-state index in [0.717, 1.165) is 12.3 Å². The molecule has 86 valence electrons. The van der Waals surface area contributed by atoms with Gasteiger partial charge in [-0.1, -0.05) is 0 Å². The molecule has 0 bridgehead atoms. The second-order valence-electron chi connectivity index (χ2n) is 3.02. The van der Waals surface area contributed by atoms with Crippen LogP contribution in [-0.2, 0) is 9.05 Å². The Morgan fingerprint density at radius 1 is 1.38 bits per heavy atom. The van der Waals surface area contributed by atoms with E-state index in [4.69, 9.17) is 10.7 Å². The van der Waals surface area contributed by atoms with Crippen molar-refractivity contribution >= 4 is 30.8 Å². The molecule has 16 heavy (non-hydrogen) atoms. The summed E-state index contributed by atoms with van der Waals surface area (Å²) < 4.78 is 46.8. The number of fused-ring (bicyclic) bond motifs is 1. The first-order valence-electron chi connectivity index (χ1n) is 4.10. The van der Waals surface area contributed by atoms with Crippen LogP contribution in [0.4, 0.5) is 8.78 Å². The number of pyridine rings is 1. The van der Waals surface area contributed by atoms with E-state index >= 15 is 0 Å². The molecule has 0 aliphatic heterocycles. The van der Waals surface area contributed by atoms with E-state index in [1.165, 1.54) is 6.07 Å². The predicted molar refractivity (Wildman–Crippen MR) is 54.1 cm³/mol. The summed E-state index contributed by atoms with van der Waals surface area (Å²) in [6.45, 7) is 0. The molecule has 2 heterocycles. The minimum absolute atomic E-state index is 0.0667. The summed E-state index contributed by atoms with van der Waals surface area (Å²) in [5, 5.41) is 0.194. The van der Waals surface area contributed by atoms with Gasteiger partial charge in [-0.3, -0.25) is 0 Å². The largest absolute Gasteiger partial charge is 0.345 e. The highest BCUT2D eigenvalue weighted by Gasteiger charge is 2.18. The standard InChI is InChI=1S/C8H5ClF2N2O2S/c9-16(14,15)6-3-12-8-4(6)1-2-5(13-8)7(10)11/h1-3,7H,(H,12,13). The van der Waals surface area contributed by atoms with Gasteiger partial charge in [0.1, 0.15) is 16.2 Å². The number of alkyl halides is 2. The predicted octanol–water partition coefficient (Wildman–Crippen LogP) is 2.43. The Bertz CT molecular complexity index is 639. The lowest BCUT2D eigenvalue weighted by atomic mass is 10.3. The van der Waals surface area contributed by atoms with E-state index in [2.05, 4.69) is 9.97 Å². The van der Waals surface area contributed by atoms with Gasteiger partial charge in [0, 0.05) is 22.3 Å². The van der Waals surface area contributed by atoms with Crippen LogP contribution in [0.2, 0.25) is 0 Å². The van der Waals surface area contributed by atoms with E-state index in [-0.39, 0.29) is 15.9 Å². The number of hydrogen-bond acceptors (Lipinski definition) is 3. The zero-order chi connectivity index (χ0) is 11.9. The zero-order valence-corrected chi connectivity index (χ0v) is 9.19. The minimum Gasteiger partial charge on any atom is -0.345 e. The van der Waals surface area contributed by atoms with Gasteiger partial charge in [-0.2, -0.15) is 0 Å². The van der Waals surface area contributed by atoms with Gasteiger partial charge in [-0.05, 0) is 12.1 Å². The summed E-state index contributed by atoms with van der Waals surface area (Å²) in [6.07, 6.45) is -1.58. The molecule has 2 rings (SSSR count). The number of rotatable bonds is 2. The van der Waals surface area contributed by atoms with Crippen LogP contribution in [0.15, 0.2) is 23.2 Å². The molecule has 1 N–H and O–H groups in total. The molecule has 4 nitrogen and oxygen atoms in total. The Hall–Kier alpha value is -1.21. The number of nitrogens with one attached hydrogen (secondary N) is 1. The van der Waals surface area contributed by atoms with Crippen LogP contribution < -0.4 is 0 Å². The molecular weight excluding hydrogens is 262 g/mol. The molecule has 0 atom stereocenters. The van der Waals surface area contributed by atoms with Crippen LogP contribution >= 0.6 is 10.7 Å². The lowest BCUT2D eigenvalue weighted by Gasteiger charge is -1.98. The summed E-state index contributed by atoms with van der Waals surface area (Å²) in [7, 11) is 1.25. The quantitative estimate of drug-likeness (QED) is 0.849. The molecule has 2 aromatic rings. The normalized spacial score (nSPS) is 12.5. The van der Waals surface area contributed by atoms with Crippen molar-refractivity contribution in [2.24, 2.45) is 0 Å². The number of hydrogen-bond donors (Lipinski definition) is 1. The van der Waals surface area contributed by atoms with Gasteiger partial charge in [0.25, 0.3) is 15.5 Å². The van der Waals surface area contributed by atoms with Gasteiger partial charge >= 0.3 is 0 Å². The van der Waals surface area contributed by atoms with Crippen LogP contribution in [0.25, 0.3) is 11.0 Å². The maximum absolute atomic E-state index is 12.3. The molecule has 2 aromatic heterocycles. The van der Waals surface area contributed by atoms with Crippen molar-refractivity contribution in [2.75, 3.05) is 0 Å². The highest BCUT2D eigenvalue weighted by Crippen LogP contribution is 2.26. The summed E-state index contributed by atoms with van der Waals surface area (Å²) >= 11 is 0. The molecule has 0 saturated carbocycles. The van der Waals surface area contributed by atoms with Gasteiger partial charge in [0.15, 0.2) is 0 Å². The van der Waals surface area contributed by atoms with E-state index in [9.17, 15) is 17.2 Å². The third-order valence-electron chi connectivity index (χ3n) is 2.01. The van der Waals surface area contributed by atoms with Gasteiger partial charge in [-0.15, -0.1) is 0 Å². The molecule has 0 aliphatic rings. The fraction of sp³-hybridized carbons (Fsp3) is 0.125. The average molecular weight is 267 g/mol. The first kappa shape index (κ1) is 11.3. The van der Waals surface area contributed by atoms with Crippen LogP contribution in [0.1, 0.15) is 12.1 Å². The third kappa shape index (κ3) is 1.88. The van der Waals surface area contributed by atoms with E-state index < -0.39 is 21.2 Å². The number of H-pyrrole nitrogens is 1. The van der Waals surface area contributed by atoms with Crippen LogP contribution in [-0.4, -0.2) is 18.4 Å². The molecule has 0 saturated heterocycles. The molecule has 0 spiro atoms. The highest BCUT2D eigenvalue weighted by molar-refractivity contribution is 8.14. The molecule has 0 unspecified atom stereocenters. The Labute approximate surface area is 93.7 Å². The van der Waals surface area contributed by atoms with Crippen LogP contribution in [0.5, 0.6) is 0 Å². The van der Waals surface area contributed by atoms with E-state index in [1.807, 2.05) is 0 Å². The van der Waals surface area contributed by atoms with Crippen molar-refractivity contribution in [1.29, 1.82) is 0 Å². The second-order valence-corrected chi connectivity index (χ2v) is 5.56. The Morgan fingerprint density at radius 2 is 2.06 bits per heavy atom. The smallest absolute Gasteiger partial charge is 0.280 e. The Kier molecular flexibility index (Phi) is 2.59. The molecule has 0 radical (unpaired) electrons. The van der Waals surface area contributed by atoms with Crippen molar-refractivity contribution < 1.29 is 17.2 Å². The Morgan fingerprint density at radius 3 is 2.62 bits per heavy atom. The van der Waals surface area contributed by atoms with E-state index in [1.54, 1.807) is 0 Å². The maximum atomic E-state index is 12.3. The van der Waals surface area contributed by atoms with Crippen LogP contribution in [0, 0.1) is 0 Å². The summed E-state index contributed by atoms with van der Waals surface area (Å²) in [5.41, 5.74) is -0.357. The van der Waals surface area contributed by atoms with E-state index in [0.29, 0.717) is 0 Å². The topological polar surface area (TPSA) is 62.8 Å². The second kappa shape index (κ2) is 3.67. The third-order valence-corrected chi connectivity index (χ3v) is 3.37. The monoisotopic (exact) mass is 266 g/mol. The summed E-state index contributed by atoms with van der Waals surface area (Å²) in [6, 6.07) is 2.31.